The lowest BCUT2D eigenvalue weighted by Crippen LogP contribution is -2.39. The molecule has 0 bridgehead atoms. The average molecular weight is 265 g/mol. The Morgan fingerprint density at radius 1 is 1.20 bits per heavy atom. The minimum absolute atomic E-state index is 0.315. The second-order valence-corrected chi connectivity index (χ2v) is 5.57. The smallest absolute Gasteiger partial charge is 0.164 e. The maximum Gasteiger partial charge on any atom is 0.164 e. The molecule has 1 nitrogen and oxygen atoms in total. The van der Waals surface area contributed by atoms with E-state index in [-0.39, 0.29) is 0 Å². The van der Waals surface area contributed by atoms with Crippen LogP contribution in [0.5, 0.6) is 0 Å². The highest BCUT2D eigenvalue weighted by Crippen LogP contribution is 2.51. The molecule has 0 saturated heterocycles. The van der Waals surface area contributed by atoms with Crippen molar-refractivity contribution in [2.24, 2.45) is 0 Å². The molecule has 1 aromatic rings. The molecule has 0 aliphatic heterocycles. The van der Waals surface area contributed by atoms with Gasteiger partial charge < -0.3 is 0 Å². The van der Waals surface area contributed by atoms with Gasteiger partial charge in [-0.3, -0.25) is 4.79 Å². The predicted octanol–water partition coefficient (Wildman–Crippen LogP) is 3.85. The van der Waals surface area contributed by atoms with Gasteiger partial charge in [-0.15, -0.1) is 0 Å². The monoisotopic (exact) mass is 264 g/mol. The predicted molar refractivity (Wildman–Crippen MR) is 63.2 cm³/mol. The summed E-state index contributed by atoms with van der Waals surface area (Å²) in [6.45, 7) is 0. The van der Waals surface area contributed by atoms with Gasteiger partial charge in [0.25, 0.3) is 0 Å². The Morgan fingerprint density at radius 3 is 2.67 bits per heavy atom. The normalized spacial score (nSPS) is 22.3. The van der Waals surface area contributed by atoms with E-state index in [9.17, 15) is 4.79 Å². The van der Waals surface area contributed by atoms with Crippen LogP contribution < -0.4 is 0 Å². The van der Waals surface area contributed by atoms with E-state index in [1.807, 2.05) is 6.07 Å². The van der Waals surface area contributed by atoms with E-state index in [1.165, 1.54) is 24.8 Å². The molecule has 0 N–H and O–H groups in total. The highest BCUT2D eigenvalue weighted by atomic mass is 79.9. The number of halogens is 1. The van der Waals surface area contributed by atoms with Gasteiger partial charge >= 0.3 is 0 Å². The Morgan fingerprint density at radius 2 is 2.00 bits per heavy atom. The number of fused-ring (bicyclic) bond motifs is 2. The number of carbonyl (C=O) groups excluding carboxylic acids is 1. The molecule has 0 unspecified atom stereocenters. The van der Waals surface area contributed by atoms with Crippen molar-refractivity contribution >= 4 is 21.7 Å². The molecule has 1 saturated carbocycles. The molecule has 78 valence electrons. The molecular weight excluding hydrogens is 252 g/mol. The van der Waals surface area contributed by atoms with Crippen molar-refractivity contribution in [3.63, 3.8) is 0 Å². The molecule has 1 aromatic carbocycles. The van der Waals surface area contributed by atoms with Crippen LogP contribution >= 0.6 is 15.9 Å². The van der Waals surface area contributed by atoms with E-state index in [0.717, 1.165) is 22.9 Å². The SMILES string of the molecule is O=C1CCC2(CCC2)c2cccc(Br)c21. The third-order valence-corrected chi connectivity index (χ3v) is 4.67. The van der Waals surface area contributed by atoms with Crippen molar-refractivity contribution in [3.05, 3.63) is 33.8 Å². The summed E-state index contributed by atoms with van der Waals surface area (Å²) in [5.41, 5.74) is 2.62. The van der Waals surface area contributed by atoms with E-state index in [1.54, 1.807) is 0 Å². The lowest BCUT2D eigenvalue weighted by Gasteiger charge is -2.46. The maximum atomic E-state index is 11.9. The summed E-state index contributed by atoms with van der Waals surface area (Å²) in [6, 6.07) is 6.19. The summed E-state index contributed by atoms with van der Waals surface area (Å²) in [6.07, 6.45) is 5.65. The van der Waals surface area contributed by atoms with Gasteiger partial charge in [0.2, 0.25) is 0 Å². The van der Waals surface area contributed by atoms with Crippen molar-refractivity contribution in [2.45, 2.75) is 37.5 Å². The second kappa shape index (κ2) is 3.18. The first-order valence-electron chi connectivity index (χ1n) is 5.55. The Hall–Kier alpha value is -0.630. The lowest BCUT2D eigenvalue weighted by molar-refractivity contribution is 0.0919. The summed E-state index contributed by atoms with van der Waals surface area (Å²) < 4.78 is 0.982. The Balaban J connectivity index is 2.21. The van der Waals surface area contributed by atoms with Crippen molar-refractivity contribution in [1.82, 2.24) is 0 Å². The Labute approximate surface area is 98.0 Å². The Kier molecular flexibility index (Phi) is 2.03. The number of rotatable bonds is 0. The molecule has 2 aliphatic rings. The number of hydrogen-bond acceptors (Lipinski definition) is 1. The van der Waals surface area contributed by atoms with Crippen molar-refractivity contribution in [1.29, 1.82) is 0 Å². The van der Waals surface area contributed by atoms with Gasteiger partial charge in [0.15, 0.2) is 5.78 Å². The quantitative estimate of drug-likeness (QED) is 0.696. The highest BCUT2D eigenvalue weighted by Gasteiger charge is 2.44. The lowest BCUT2D eigenvalue weighted by atomic mass is 9.58. The molecule has 2 aliphatic carbocycles. The molecule has 0 atom stereocenters. The van der Waals surface area contributed by atoms with Crippen LogP contribution in [0.1, 0.15) is 48.0 Å². The van der Waals surface area contributed by atoms with Crippen LogP contribution in [-0.4, -0.2) is 5.78 Å². The van der Waals surface area contributed by atoms with E-state index >= 15 is 0 Å². The fourth-order valence-corrected chi connectivity index (χ4v) is 3.57. The molecule has 0 aromatic heterocycles. The molecular formula is C13H13BrO. The molecule has 1 fully saturated rings. The molecule has 3 rings (SSSR count). The van der Waals surface area contributed by atoms with Gasteiger partial charge in [-0.25, -0.2) is 0 Å². The van der Waals surface area contributed by atoms with Gasteiger partial charge in [-0.05, 0) is 36.3 Å². The molecule has 0 amide bonds. The zero-order valence-corrected chi connectivity index (χ0v) is 10.1. The number of carbonyl (C=O) groups is 1. The third kappa shape index (κ3) is 1.24. The highest BCUT2D eigenvalue weighted by molar-refractivity contribution is 9.10. The summed E-state index contributed by atoms with van der Waals surface area (Å²) in [5, 5.41) is 0. The average Bonchev–Trinajstić information content (AvgIpc) is 2.16. The first kappa shape index (κ1) is 9.59. The molecule has 0 heterocycles. The van der Waals surface area contributed by atoms with Crippen molar-refractivity contribution in [3.8, 4) is 0 Å². The van der Waals surface area contributed by atoms with E-state index < -0.39 is 0 Å². The fourth-order valence-electron chi connectivity index (χ4n) is 2.98. The van der Waals surface area contributed by atoms with Gasteiger partial charge in [-0.2, -0.15) is 0 Å². The molecule has 0 radical (unpaired) electrons. The largest absolute Gasteiger partial charge is 0.294 e. The van der Waals surface area contributed by atoms with Gasteiger partial charge in [0.1, 0.15) is 0 Å². The van der Waals surface area contributed by atoms with Crippen LogP contribution in [0.3, 0.4) is 0 Å². The summed E-state index contributed by atoms with van der Waals surface area (Å²) in [4.78, 5) is 11.9. The second-order valence-electron chi connectivity index (χ2n) is 4.72. The maximum absolute atomic E-state index is 11.9. The molecule has 2 heteroatoms. The van der Waals surface area contributed by atoms with E-state index in [4.69, 9.17) is 0 Å². The summed E-state index contributed by atoms with van der Waals surface area (Å²) in [5.74, 6) is 0.315. The number of ketones is 1. The fraction of sp³-hybridized carbons (Fsp3) is 0.462. The minimum Gasteiger partial charge on any atom is -0.294 e. The van der Waals surface area contributed by atoms with Gasteiger partial charge in [0, 0.05) is 16.5 Å². The number of hydrogen-bond donors (Lipinski definition) is 0. The molecule has 15 heavy (non-hydrogen) atoms. The third-order valence-electron chi connectivity index (χ3n) is 4.01. The standard InChI is InChI=1S/C13H13BrO/c14-10-4-1-3-9-12(10)11(15)5-8-13(9)6-2-7-13/h1,3-4H,2,5-8H2. The zero-order valence-electron chi connectivity index (χ0n) is 8.55. The number of Topliss-reactive ketones (excluding diaryl/α,β-unsaturated/α-hetero) is 1. The molecule has 1 spiro atoms. The van der Waals surface area contributed by atoms with Crippen LogP contribution in [0.4, 0.5) is 0 Å². The van der Waals surface area contributed by atoms with Crippen LogP contribution in [-0.2, 0) is 5.41 Å². The van der Waals surface area contributed by atoms with E-state index in [2.05, 4.69) is 28.1 Å². The van der Waals surface area contributed by atoms with Crippen LogP contribution in [0.15, 0.2) is 22.7 Å². The van der Waals surface area contributed by atoms with Crippen LogP contribution in [0.25, 0.3) is 0 Å². The van der Waals surface area contributed by atoms with Crippen molar-refractivity contribution < 1.29 is 4.79 Å². The minimum atomic E-state index is 0.315. The first-order chi connectivity index (χ1) is 7.23. The Bertz CT molecular complexity index is 432. The van der Waals surface area contributed by atoms with Crippen LogP contribution in [0, 0.1) is 0 Å². The van der Waals surface area contributed by atoms with Crippen molar-refractivity contribution in [2.75, 3.05) is 0 Å². The summed E-state index contributed by atoms with van der Waals surface area (Å²) in [7, 11) is 0. The first-order valence-corrected chi connectivity index (χ1v) is 6.34. The zero-order chi connectivity index (χ0) is 10.5. The van der Waals surface area contributed by atoms with Gasteiger partial charge in [0.05, 0.1) is 0 Å². The topological polar surface area (TPSA) is 17.1 Å². The van der Waals surface area contributed by atoms with Crippen LogP contribution in [0.2, 0.25) is 0 Å². The van der Waals surface area contributed by atoms with Gasteiger partial charge in [-0.1, -0.05) is 34.5 Å². The van der Waals surface area contributed by atoms with E-state index in [0.29, 0.717) is 11.2 Å². The summed E-state index contributed by atoms with van der Waals surface area (Å²) >= 11 is 3.51. The number of benzene rings is 1.